The fraction of sp³-hybridized carbons (Fsp3) is 0.941. The molecule has 4 heteroatoms. The van der Waals surface area contributed by atoms with Crippen LogP contribution in [0.15, 0.2) is 0 Å². The van der Waals surface area contributed by atoms with Gasteiger partial charge < -0.3 is 15.0 Å². The molecule has 0 heterocycles. The molecule has 0 aliphatic heterocycles. The SMILES string of the molecule is CCOC(=O)C(CN(C)C1CCC(C)(C)CC1)NC1CC1. The van der Waals surface area contributed by atoms with E-state index in [4.69, 9.17) is 4.74 Å². The molecule has 0 amide bonds. The van der Waals surface area contributed by atoms with Crippen LogP contribution in [0, 0.1) is 5.41 Å². The van der Waals surface area contributed by atoms with E-state index in [9.17, 15) is 4.79 Å². The van der Waals surface area contributed by atoms with Crippen LogP contribution in [0.25, 0.3) is 0 Å². The first-order chi connectivity index (χ1) is 9.91. The minimum atomic E-state index is -0.169. The Kier molecular flexibility index (Phi) is 5.67. The summed E-state index contributed by atoms with van der Waals surface area (Å²) in [5.74, 6) is -0.0904. The van der Waals surface area contributed by atoms with E-state index in [-0.39, 0.29) is 12.0 Å². The molecule has 1 unspecified atom stereocenters. The third-order valence-corrected chi connectivity index (χ3v) is 4.99. The molecule has 0 bridgehead atoms. The summed E-state index contributed by atoms with van der Waals surface area (Å²) in [5.41, 5.74) is 0.490. The first-order valence-corrected chi connectivity index (χ1v) is 8.54. The van der Waals surface area contributed by atoms with Crippen LogP contribution < -0.4 is 5.32 Å². The molecule has 1 N–H and O–H groups in total. The summed E-state index contributed by atoms with van der Waals surface area (Å²) in [6, 6.07) is 0.964. The van der Waals surface area contributed by atoms with Crippen LogP contribution in [0.4, 0.5) is 0 Å². The van der Waals surface area contributed by atoms with Crippen molar-refractivity contribution in [3.05, 3.63) is 0 Å². The molecule has 0 spiro atoms. The highest BCUT2D eigenvalue weighted by atomic mass is 16.5. The minimum absolute atomic E-state index is 0.0904. The lowest BCUT2D eigenvalue weighted by molar-refractivity contribution is -0.146. The van der Waals surface area contributed by atoms with E-state index < -0.39 is 0 Å². The van der Waals surface area contributed by atoms with Crippen LogP contribution >= 0.6 is 0 Å². The summed E-state index contributed by atoms with van der Waals surface area (Å²) in [6.45, 7) is 7.82. The van der Waals surface area contributed by atoms with E-state index in [1.165, 1.54) is 38.5 Å². The first kappa shape index (κ1) is 16.8. The third kappa shape index (κ3) is 5.26. The molecule has 2 rings (SSSR count). The van der Waals surface area contributed by atoms with Crippen molar-refractivity contribution in [3.63, 3.8) is 0 Å². The predicted molar refractivity (Wildman–Crippen MR) is 85.2 cm³/mol. The van der Waals surface area contributed by atoms with Gasteiger partial charge >= 0.3 is 5.97 Å². The van der Waals surface area contributed by atoms with Gasteiger partial charge in [0.25, 0.3) is 0 Å². The standard InChI is InChI=1S/C17H32N2O2/c1-5-21-16(20)15(18-13-6-7-13)12-19(4)14-8-10-17(2,3)11-9-14/h13-15,18H,5-12H2,1-4H3. The summed E-state index contributed by atoms with van der Waals surface area (Å²) in [5, 5.41) is 3.45. The number of carbonyl (C=O) groups excluding carboxylic acids is 1. The highest BCUT2D eigenvalue weighted by Gasteiger charge is 2.33. The zero-order valence-corrected chi connectivity index (χ0v) is 14.2. The second-order valence-corrected chi connectivity index (χ2v) is 7.58. The van der Waals surface area contributed by atoms with Crippen LogP contribution in [0.5, 0.6) is 0 Å². The molecule has 21 heavy (non-hydrogen) atoms. The number of rotatable bonds is 7. The highest BCUT2D eigenvalue weighted by Crippen LogP contribution is 2.36. The maximum absolute atomic E-state index is 12.1. The zero-order valence-electron chi connectivity index (χ0n) is 14.2. The molecule has 1 atom stereocenters. The van der Waals surface area contributed by atoms with Crippen molar-refractivity contribution in [1.29, 1.82) is 0 Å². The summed E-state index contributed by atoms with van der Waals surface area (Å²) in [6.07, 6.45) is 7.42. The molecule has 122 valence electrons. The van der Waals surface area contributed by atoms with Crippen molar-refractivity contribution >= 4 is 5.97 Å². The molecule has 0 aromatic heterocycles. The molecule has 2 aliphatic rings. The lowest BCUT2D eigenvalue weighted by Crippen LogP contribution is -2.50. The molecule has 2 aliphatic carbocycles. The van der Waals surface area contributed by atoms with Crippen molar-refractivity contribution in [2.75, 3.05) is 20.2 Å². The fourth-order valence-corrected chi connectivity index (χ4v) is 3.23. The Labute approximate surface area is 129 Å². The lowest BCUT2D eigenvalue weighted by atomic mass is 9.75. The lowest BCUT2D eigenvalue weighted by Gasteiger charge is -2.39. The smallest absolute Gasteiger partial charge is 0.324 e. The van der Waals surface area contributed by atoms with Crippen molar-refractivity contribution in [2.45, 2.75) is 77.4 Å². The number of carbonyl (C=O) groups is 1. The molecule has 0 aromatic rings. The van der Waals surface area contributed by atoms with Gasteiger partial charge in [-0.05, 0) is 57.9 Å². The second kappa shape index (κ2) is 7.10. The predicted octanol–water partition coefficient (Wildman–Crippen LogP) is 2.57. The average Bonchev–Trinajstić information content (AvgIpc) is 3.22. The largest absolute Gasteiger partial charge is 0.465 e. The quantitative estimate of drug-likeness (QED) is 0.733. The van der Waals surface area contributed by atoms with Gasteiger partial charge in [-0.2, -0.15) is 0 Å². The molecular weight excluding hydrogens is 264 g/mol. The van der Waals surface area contributed by atoms with Gasteiger partial charge in [-0.25, -0.2) is 0 Å². The number of likely N-dealkylation sites (N-methyl/N-ethyl adjacent to an activating group) is 1. The van der Waals surface area contributed by atoms with E-state index >= 15 is 0 Å². The summed E-state index contributed by atoms with van der Waals surface area (Å²) in [4.78, 5) is 14.5. The van der Waals surface area contributed by atoms with Crippen LogP contribution in [-0.2, 0) is 9.53 Å². The van der Waals surface area contributed by atoms with E-state index in [1.54, 1.807) is 0 Å². The average molecular weight is 296 g/mol. The van der Waals surface area contributed by atoms with Gasteiger partial charge in [-0.15, -0.1) is 0 Å². The zero-order chi connectivity index (χ0) is 15.5. The Bertz CT molecular complexity index is 343. The maximum Gasteiger partial charge on any atom is 0.324 e. The number of esters is 1. The number of nitrogens with one attached hydrogen (secondary N) is 1. The van der Waals surface area contributed by atoms with Gasteiger partial charge in [-0.1, -0.05) is 13.8 Å². The van der Waals surface area contributed by atoms with Gasteiger partial charge in [0, 0.05) is 18.6 Å². The van der Waals surface area contributed by atoms with Crippen LogP contribution in [0.3, 0.4) is 0 Å². The molecule has 0 aromatic carbocycles. The van der Waals surface area contributed by atoms with Crippen molar-refractivity contribution in [1.82, 2.24) is 10.2 Å². The summed E-state index contributed by atoms with van der Waals surface area (Å²) < 4.78 is 5.23. The topological polar surface area (TPSA) is 41.6 Å². The molecule has 4 nitrogen and oxygen atoms in total. The Morgan fingerprint density at radius 2 is 1.90 bits per heavy atom. The van der Waals surface area contributed by atoms with Crippen LogP contribution in [-0.4, -0.2) is 49.2 Å². The Morgan fingerprint density at radius 3 is 2.43 bits per heavy atom. The molecule has 2 saturated carbocycles. The van der Waals surface area contributed by atoms with Gasteiger partial charge in [0.1, 0.15) is 6.04 Å². The summed E-state index contributed by atoms with van der Waals surface area (Å²) >= 11 is 0. The fourth-order valence-electron chi connectivity index (χ4n) is 3.23. The molecule has 0 radical (unpaired) electrons. The molecular formula is C17H32N2O2. The number of hydrogen-bond donors (Lipinski definition) is 1. The molecule has 0 saturated heterocycles. The number of nitrogens with zero attached hydrogens (tertiary/aromatic N) is 1. The van der Waals surface area contributed by atoms with Gasteiger partial charge in [0.05, 0.1) is 6.61 Å². The van der Waals surface area contributed by atoms with Gasteiger partial charge in [0.15, 0.2) is 0 Å². The van der Waals surface area contributed by atoms with Crippen molar-refractivity contribution in [3.8, 4) is 0 Å². The van der Waals surface area contributed by atoms with E-state index in [1.807, 2.05) is 6.92 Å². The Balaban J connectivity index is 1.84. The van der Waals surface area contributed by atoms with E-state index in [0.29, 0.717) is 24.1 Å². The Morgan fingerprint density at radius 1 is 1.29 bits per heavy atom. The van der Waals surface area contributed by atoms with Gasteiger partial charge in [0.2, 0.25) is 0 Å². The molecule has 2 fully saturated rings. The number of hydrogen-bond acceptors (Lipinski definition) is 4. The van der Waals surface area contributed by atoms with Gasteiger partial charge in [-0.3, -0.25) is 4.79 Å². The van der Waals surface area contributed by atoms with Crippen LogP contribution in [0.1, 0.15) is 59.3 Å². The Hall–Kier alpha value is -0.610. The normalized spacial score (nSPS) is 24.0. The van der Waals surface area contributed by atoms with Crippen molar-refractivity contribution < 1.29 is 9.53 Å². The monoisotopic (exact) mass is 296 g/mol. The summed E-state index contributed by atoms with van der Waals surface area (Å²) in [7, 11) is 2.16. The van der Waals surface area contributed by atoms with Crippen molar-refractivity contribution in [2.24, 2.45) is 5.41 Å². The van der Waals surface area contributed by atoms with E-state index in [0.717, 1.165) is 6.54 Å². The van der Waals surface area contributed by atoms with E-state index in [2.05, 4.69) is 31.1 Å². The number of ether oxygens (including phenoxy) is 1. The second-order valence-electron chi connectivity index (χ2n) is 7.58. The minimum Gasteiger partial charge on any atom is -0.465 e. The highest BCUT2D eigenvalue weighted by molar-refractivity contribution is 5.76. The third-order valence-electron chi connectivity index (χ3n) is 4.99. The first-order valence-electron chi connectivity index (χ1n) is 8.54. The maximum atomic E-state index is 12.1. The van der Waals surface area contributed by atoms with Crippen LogP contribution in [0.2, 0.25) is 0 Å².